The lowest BCUT2D eigenvalue weighted by Crippen LogP contribution is -2.03. The van der Waals surface area contributed by atoms with Gasteiger partial charge in [0.15, 0.2) is 11.5 Å². The van der Waals surface area contributed by atoms with Crippen LogP contribution in [0.5, 0.6) is 23.0 Å². The summed E-state index contributed by atoms with van der Waals surface area (Å²) < 4.78 is 25.0. The number of fused-ring (bicyclic) bond motifs is 2. The third kappa shape index (κ3) is 2.95. The highest BCUT2D eigenvalue weighted by molar-refractivity contribution is 6.30. The number of ether oxygens (including phenoxy) is 1. The van der Waals surface area contributed by atoms with Crippen molar-refractivity contribution in [2.24, 2.45) is 0 Å². The number of benzene rings is 3. The molecule has 0 saturated carbocycles. The molecule has 8 heteroatoms. The van der Waals surface area contributed by atoms with Crippen molar-refractivity contribution in [1.29, 1.82) is 0 Å². The number of phenols is 3. The van der Waals surface area contributed by atoms with Crippen LogP contribution in [0.15, 0.2) is 51.7 Å². The zero-order valence-electron chi connectivity index (χ0n) is 14.1. The molecule has 28 heavy (non-hydrogen) atoms. The van der Waals surface area contributed by atoms with Gasteiger partial charge in [0.1, 0.15) is 40.5 Å². The first-order valence-corrected chi connectivity index (χ1v) is 8.44. The molecule has 0 aliphatic rings. The van der Waals surface area contributed by atoms with E-state index in [0.717, 1.165) is 12.1 Å². The first-order chi connectivity index (χ1) is 13.3. The van der Waals surface area contributed by atoms with Crippen molar-refractivity contribution in [1.82, 2.24) is 0 Å². The molecule has 0 unspecified atom stereocenters. The van der Waals surface area contributed by atoms with E-state index in [0.29, 0.717) is 0 Å². The van der Waals surface area contributed by atoms with Crippen LogP contribution in [0.2, 0.25) is 5.02 Å². The quantitative estimate of drug-likeness (QED) is 0.346. The minimum atomic E-state index is -0.609. The van der Waals surface area contributed by atoms with Gasteiger partial charge in [-0.2, -0.15) is 0 Å². The number of phenolic OH excluding ortho intramolecular Hbond substituents is 3. The molecule has 3 aromatic carbocycles. The Kier molecular flexibility index (Phi) is 4.24. The van der Waals surface area contributed by atoms with E-state index in [-0.39, 0.29) is 44.9 Å². The Hall–Kier alpha value is -3.45. The van der Waals surface area contributed by atoms with Crippen molar-refractivity contribution in [3.8, 4) is 23.0 Å². The molecule has 0 amide bonds. The van der Waals surface area contributed by atoms with Gasteiger partial charge >= 0.3 is 0 Å². The molecule has 1 heterocycles. The molecule has 142 valence electrons. The lowest BCUT2D eigenvalue weighted by atomic mass is 10.1. The van der Waals surface area contributed by atoms with E-state index < -0.39 is 28.5 Å². The zero-order valence-corrected chi connectivity index (χ0v) is 14.8. The van der Waals surface area contributed by atoms with Gasteiger partial charge in [0, 0.05) is 23.8 Å². The van der Waals surface area contributed by atoms with Gasteiger partial charge in [-0.25, -0.2) is 4.39 Å². The second-order valence-corrected chi connectivity index (χ2v) is 6.49. The van der Waals surface area contributed by atoms with Gasteiger partial charge in [-0.1, -0.05) is 23.7 Å². The van der Waals surface area contributed by atoms with E-state index in [1.807, 2.05) is 0 Å². The molecule has 6 nitrogen and oxygen atoms in total. The van der Waals surface area contributed by atoms with Crippen molar-refractivity contribution < 1.29 is 28.9 Å². The van der Waals surface area contributed by atoms with E-state index in [1.54, 1.807) is 6.07 Å². The summed E-state index contributed by atoms with van der Waals surface area (Å²) in [6.07, 6.45) is 0. The summed E-state index contributed by atoms with van der Waals surface area (Å²) in [6.45, 7) is -0.163. The first-order valence-electron chi connectivity index (χ1n) is 8.06. The van der Waals surface area contributed by atoms with Gasteiger partial charge in [-0.05, 0) is 12.1 Å². The second-order valence-electron chi connectivity index (χ2n) is 6.09. The average Bonchev–Trinajstić information content (AvgIpc) is 2.64. The molecule has 0 fully saturated rings. The van der Waals surface area contributed by atoms with Crippen LogP contribution < -0.4 is 10.2 Å². The van der Waals surface area contributed by atoms with Gasteiger partial charge in [-0.15, -0.1) is 0 Å². The molecule has 0 saturated heterocycles. The molecular formula is C20H12ClFO6. The fraction of sp³-hybridized carbons (Fsp3) is 0.0500. The molecule has 0 atom stereocenters. The van der Waals surface area contributed by atoms with E-state index in [2.05, 4.69) is 0 Å². The molecule has 0 radical (unpaired) electrons. The van der Waals surface area contributed by atoms with Gasteiger partial charge in [0.2, 0.25) is 5.43 Å². The van der Waals surface area contributed by atoms with Crippen LogP contribution in [0.3, 0.4) is 0 Å². The van der Waals surface area contributed by atoms with Crippen LogP contribution in [0.1, 0.15) is 5.56 Å². The first kappa shape index (κ1) is 17.9. The summed E-state index contributed by atoms with van der Waals surface area (Å²) in [5.74, 6) is -1.82. The van der Waals surface area contributed by atoms with Crippen molar-refractivity contribution in [3.05, 3.63) is 69.1 Å². The highest BCUT2D eigenvalue weighted by Gasteiger charge is 2.16. The molecule has 0 bridgehead atoms. The van der Waals surface area contributed by atoms with Gasteiger partial charge in [0.25, 0.3) is 0 Å². The summed E-state index contributed by atoms with van der Waals surface area (Å²) in [4.78, 5) is 12.6. The second kappa shape index (κ2) is 6.61. The van der Waals surface area contributed by atoms with Crippen LogP contribution >= 0.6 is 11.6 Å². The fourth-order valence-corrected chi connectivity index (χ4v) is 3.06. The van der Waals surface area contributed by atoms with E-state index in [9.17, 15) is 24.5 Å². The predicted molar refractivity (Wildman–Crippen MR) is 101 cm³/mol. The maximum absolute atomic E-state index is 14.0. The van der Waals surface area contributed by atoms with Crippen LogP contribution in [-0.4, -0.2) is 15.3 Å². The van der Waals surface area contributed by atoms with Crippen molar-refractivity contribution >= 4 is 33.5 Å². The largest absolute Gasteiger partial charge is 0.507 e. The summed E-state index contributed by atoms with van der Waals surface area (Å²) in [5, 5.41) is 29.3. The Morgan fingerprint density at radius 2 is 1.75 bits per heavy atom. The van der Waals surface area contributed by atoms with Gasteiger partial charge in [0.05, 0.1) is 10.4 Å². The van der Waals surface area contributed by atoms with Crippen molar-refractivity contribution in [2.75, 3.05) is 0 Å². The summed E-state index contributed by atoms with van der Waals surface area (Å²) in [7, 11) is 0. The summed E-state index contributed by atoms with van der Waals surface area (Å²) in [5.41, 5.74) is -0.349. The highest BCUT2D eigenvalue weighted by atomic mass is 35.5. The lowest BCUT2D eigenvalue weighted by Gasteiger charge is -2.10. The van der Waals surface area contributed by atoms with E-state index >= 15 is 0 Å². The van der Waals surface area contributed by atoms with E-state index in [4.69, 9.17) is 20.8 Å². The monoisotopic (exact) mass is 402 g/mol. The Bertz CT molecular complexity index is 1300. The van der Waals surface area contributed by atoms with Crippen LogP contribution in [0.4, 0.5) is 4.39 Å². The summed E-state index contributed by atoms with van der Waals surface area (Å²) >= 11 is 5.74. The Morgan fingerprint density at radius 1 is 1.00 bits per heavy atom. The zero-order chi connectivity index (χ0) is 20.0. The molecule has 0 aliphatic carbocycles. The highest BCUT2D eigenvalue weighted by Crippen LogP contribution is 2.34. The van der Waals surface area contributed by atoms with Crippen LogP contribution in [0, 0.1) is 5.82 Å². The Labute approximate surface area is 161 Å². The number of aromatic hydroxyl groups is 3. The number of rotatable bonds is 3. The Morgan fingerprint density at radius 3 is 2.54 bits per heavy atom. The van der Waals surface area contributed by atoms with Gasteiger partial charge in [-0.3, -0.25) is 4.79 Å². The standard InChI is InChI=1S/C20H12ClFO6/c21-12-3-1-2-9(19(12)22)8-27-10-4-15(25)18-17(5-10)28-16-7-14(24)13(23)6-11(16)20(18)26/h1-7,23-25H,8H2. The van der Waals surface area contributed by atoms with Crippen molar-refractivity contribution in [3.63, 3.8) is 0 Å². The number of hydrogen-bond acceptors (Lipinski definition) is 6. The maximum atomic E-state index is 14.0. The minimum absolute atomic E-state index is 0.00385. The van der Waals surface area contributed by atoms with Crippen molar-refractivity contribution in [2.45, 2.75) is 6.61 Å². The molecule has 0 aliphatic heterocycles. The summed E-state index contributed by atoms with van der Waals surface area (Å²) in [6, 6.07) is 9.21. The molecule has 0 spiro atoms. The third-order valence-corrected chi connectivity index (χ3v) is 4.54. The predicted octanol–water partition coefficient (Wildman–Crippen LogP) is 4.43. The molecule has 3 N–H and O–H groups in total. The normalized spacial score (nSPS) is 11.2. The number of hydrogen-bond donors (Lipinski definition) is 3. The maximum Gasteiger partial charge on any atom is 0.204 e. The number of halogens is 2. The molecule has 4 rings (SSSR count). The van der Waals surface area contributed by atoms with Gasteiger partial charge < -0.3 is 24.5 Å². The minimum Gasteiger partial charge on any atom is -0.507 e. The molecular weight excluding hydrogens is 391 g/mol. The Balaban J connectivity index is 1.79. The molecule has 4 aromatic rings. The lowest BCUT2D eigenvalue weighted by molar-refractivity contribution is 0.298. The van der Waals surface area contributed by atoms with Crippen LogP contribution in [0.25, 0.3) is 21.9 Å². The van der Waals surface area contributed by atoms with E-state index in [1.165, 1.54) is 24.3 Å². The van der Waals surface area contributed by atoms with Crippen LogP contribution in [-0.2, 0) is 6.61 Å². The SMILES string of the molecule is O=c1c2cc(O)c(O)cc2oc2cc(OCc3cccc(Cl)c3F)cc(O)c12. The smallest absolute Gasteiger partial charge is 0.204 e. The topological polar surface area (TPSA) is 100 Å². The fourth-order valence-electron chi connectivity index (χ4n) is 2.86. The average molecular weight is 403 g/mol. The third-order valence-electron chi connectivity index (χ3n) is 4.25. The molecule has 1 aromatic heterocycles.